The number of hydrogen-bond acceptors (Lipinski definition) is 11. The molecular weight excluding hydrogens is 685 g/mol. The Balaban J connectivity index is 1.35. The van der Waals surface area contributed by atoms with Gasteiger partial charge in [-0.2, -0.15) is 0 Å². The van der Waals surface area contributed by atoms with Gasteiger partial charge in [-0.25, -0.2) is 28.5 Å². The monoisotopic (exact) mass is 714 g/mol. The Labute approximate surface area is 287 Å². The molecule has 0 saturated carbocycles. The van der Waals surface area contributed by atoms with Crippen molar-refractivity contribution < 1.29 is 23.4 Å². The number of methoxy groups -OCH3 is 1. The summed E-state index contributed by atoms with van der Waals surface area (Å²) in [6, 6.07) is 10.1. The van der Waals surface area contributed by atoms with Crippen molar-refractivity contribution in [1.82, 2.24) is 34.4 Å². The molecule has 0 spiro atoms. The lowest BCUT2D eigenvalue weighted by atomic mass is 10.0. The summed E-state index contributed by atoms with van der Waals surface area (Å²) in [6.07, 6.45) is -1.49. The molecule has 256 valence electrons. The Hall–Kier alpha value is -4.54. The van der Waals surface area contributed by atoms with Gasteiger partial charge in [-0.15, -0.1) is 0 Å². The lowest BCUT2D eigenvalue weighted by Gasteiger charge is -2.28. The van der Waals surface area contributed by atoms with Crippen LogP contribution in [0, 0.1) is 0 Å². The highest BCUT2D eigenvalue weighted by atomic mass is 35.5. The maximum atomic E-state index is 13.8. The topological polar surface area (TPSA) is 158 Å². The number of alkyl halides is 2. The van der Waals surface area contributed by atoms with Crippen molar-refractivity contribution in [2.75, 3.05) is 25.6 Å². The van der Waals surface area contributed by atoms with Crippen LogP contribution in [0.5, 0.6) is 5.88 Å². The van der Waals surface area contributed by atoms with Gasteiger partial charge in [-0.1, -0.05) is 53.5 Å². The number of hydrogen-bond donors (Lipinski definition) is 3. The van der Waals surface area contributed by atoms with Gasteiger partial charge < -0.3 is 25.2 Å². The Morgan fingerprint density at radius 1 is 1.04 bits per heavy atom. The van der Waals surface area contributed by atoms with Gasteiger partial charge in [0, 0.05) is 50.0 Å². The van der Waals surface area contributed by atoms with Crippen LogP contribution in [0.3, 0.4) is 0 Å². The summed E-state index contributed by atoms with van der Waals surface area (Å²) < 4.78 is 40.3. The summed E-state index contributed by atoms with van der Waals surface area (Å²) in [5.41, 5.74) is 0.955. The van der Waals surface area contributed by atoms with Crippen LogP contribution in [0.15, 0.2) is 52.2 Å². The number of aliphatic hydroxyl groups is 1. The third kappa shape index (κ3) is 6.59. The standard InChI is InChI=1S/C32H30Cl2F2N8O5/c1-43-29-23(31(46)44(2)32(43)47)27(41-28(42-29)26(35)36)39-19-9-5-7-16(25(19)34)15-6-4-8-17(24(15)33)20-12-38-21(30(40-20)48-3)13-37-18-10-11-49-14-22(18)45/h4-9,12,18,22,26,37,45H,10-11,13-14H2,1-3H3,(H,39,41,42)/t18-,22-/m1/s1. The van der Waals surface area contributed by atoms with Crippen molar-refractivity contribution in [1.29, 1.82) is 0 Å². The number of nitrogens with zero attached hydrogens (tertiary/aromatic N) is 6. The first-order chi connectivity index (χ1) is 23.5. The van der Waals surface area contributed by atoms with Gasteiger partial charge in [0.25, 0.3) is 12.0 Å². The number of rotatable bonds is 9. The van der Waals surface area contributed by atoms with Crippen LogP contribution in [-0.2, 0) is 25.4 Å². The molecule has 6 rings (SSSR count). The zero-order valence-electron chi connectivity index (χ0n) is 26.4. The van der Waals surface area contributed by atoms with E-state index in [-0.39, 0.29) is 46.1 Å². The molecule has 0 unspecified atom stereocenters. The van der Waals surface area contributed by atoms with Gasteiger partial charge in [-0.3, -0.25) is 18.9 Å². The number of aryl methyl sites for hydroxylation is 1. The van der Waals surface area contributed by atoms with Gasteiger partial charge in [0.05, 0.1) is 47.4 Å². The van der Waals surface area contributed by atoms with Crippen LogP contribution >= 0.6 is 23.2 Å². The summed E-state index contributed by atoms with van der Waals surface area (Å²) >= 11 is 13.9. The molecule has 5 aromatic rings. The van der Waals surface area contributed by atoms with E-state index in [0.717, 1.165) is 9.13 Å². The fourth-order valence-electron chi connectivity index (χ4n) is 5.57. The van der Waals surface area contributed by atoms with E-state index >= 15 is 0 Å². The average Bonchev–Trinajstić information content (AvgIpc) is 3.10. The van der Waals surface area contributed by atoms with Gasteiger partial charge in [-0.05, 0) is 12.5 Å². The minimum absolute atomic E-state index is 0.147. The molecule has 1 fully saturated rings. The molecule has 4 heterocycles. The molecular formula is C32H30Cl2F2N8O5. The third-order valence-corrected chi connectivity index (χ3v) is 9.01. The summed E-state index contributed by atoms with van der Waals surface area (Å²) in [6.45, 7) is 1.12. The molecule has 1 aliphatic rings. The second-order valence-corrected chi connectivity index (χ2v) is 12.0. The van der Waals surface area contributed by atoms with Gasteiger partial charge in [0.1, 0.15) is 16.9 Å². The Kier molecular flexibility index (Phi) is 9.90. The Bertz CT molecular complexity index is 2180. The smallest absolute Gasteiger partial charge is 0.332 e. The van der Waals surface area contributed by atoms with Crippen molar-refractivity contribution in [2.45, 2.75) is 31.5 Å². The number of benzene rings is 2. The Morgan fingerprint density at radius 2 is 1.76 bits per heavy atom. The fourth-order valence-corrected chi connectivity index (χ4v) is 6.17. The molecule has 2 atom stereocenters. The molecule has 0 aliphatic carbocycles. The number of anilines is 2. The summed E-state index contributed by atoms with van der Waals surface area (Å²) in [4.78, 5) is 42.5. The third-order valence-electron chi connectivity index (χ3n) is 8.19. The number of ether oxygens (including phenoxy) is 2. The van der Waals surface area contributed by atoms with E-state index in [1.807, 2.05) is 0 Å². The first-order valence-corrected chi connectivity index (χ1v) is 15.7. The number of nitrogens with one attached hydrogen (secondary N) is 2. The first-order valence-electron chi connectivity index (χ1n) is 15.0. The van der Waals surface area contributed by atoms with E-state index in [1.54, 1.807) is 42.6 Å². The molecule has 3 N–H and O–H groups in total. The van der Waals surface area contributed by atoms with Gasteiger partial charge in [0.15, 0.2) is 11.5 Å². The van der Waals surface area contributed by atoms with E-state index in [9.17, 15) is 23.5 Å². The zero-order chi connectivity index (χ0) is 35.0. The zero-order valence-corrected chi connectivity index (χ0v) is 27.9. The van der Waals surface area contributed by atoms with E-state index in [0.29, 0.717) is 52.7 Å². The lowest BCUT2D eigenvalue weighted by molar-refractivity contribution is -0.0281. The molecule has 17 heteroatoms. The van der Waals surface area contributed by atoms with Crippen LogP contribution in [-0.4, -0.2) is 66.6 Å². The van der Waals surface area contributed by atoms with Crippen LogP contribution in [0.4, 0.5) is 20.3 Å². The molecule has 0 radical (unpaired) electrons. The highest BCUT2D eigenvalue weighted by Gasteiger charge is 2.25. The van der Waals surface area contributed by atoms with Crippen LogP contribution < -0.4 is 26.6 Å². The molecule has 1 saturated heterocycles. The average molecular weight is 716 g/mol. The molecule has 49 heavy (non-hydrogen) atoms. The second-order valence-electron chi connectivity index (χ2n) is 11.2. The largest absolute Gasteiger partial charge is 0.480 e. The maximum absolute atomic E-state index is 13.8. The molecule has 3 aromatic heterocycles. The lowest BCUT2D eigenvalue weighted by Crippen LogP contribution is -2.46. The fraction of sp³-hybridized carbons (Fsp3) is 0.312. The maximum Gasteiger partial charge on any atom is 0.332 e. The number of aliphatic hydroxyl groups excluding tert-OH is 1. The molecule has 0 bridgehead atoms. The molecule has 1 aliphatic heterocycles. The van der Waals surface area contributed by atoms with E-state index < -0.39 is 29.6 Å². The summed E-state index contributed by atoms with van der Waals surface area (Å²) in [7, 11) is 4.07. The molecule has 2 aromatic carbocycles. The normalized spacial score (nSPS) is 16.3. The number of fused-ring (bicyclic) bond motifs is 1. The van der Waals surface area contributed by atoms with Crippen LogP contribution in [0.1, 0.15) is 24.4 Å². The van der Waals surface area contributed by atoms with E-state index in [1.165, 1.54) is 21.2 Å². The Morgan fingerprint density at radius 3 is 2.47 bits per heavy atom. The second kappa shape index (κ2) is 14.1. The number of halogens is 4. The number of aromatic nitrogens is 6. The van der Waals surface area contributed by atoms with Crippen LogP contribution in [0.2, 0.25) is 10.0 Å². The summed E-state index contributed by atoms with van der Waals surface area (Å²) in [5, 5.41) is 16.7. The van der Waals surface area contributed by atoms with Crippen LogP contribution in [0.25, 0.3) is 33.4 Å². The minimum atomic E-state index is -3.08. The van der Waals surface area contributed by atoms with Crippen molar-refractivity contribution >= 4 is 45.7 Å². The van der Waals surface area contributed by atoms with Crippen molar-refractivity contribution in [3.05, 3.63) is 85.0 Å². The minimum Gasteiger partial charge on any atom is -0.480 e. The van der Waals surface area contributed by atoms with Gasteiger partial charge >= 0.3 is 5.69 Å². The predicted octanol–water partition coefficient (Wildman–Crippen LogP) is 4.39. The highest BCUT2D eigenvalue weighted by molar-refractivity contribution is 6.39. The van der Waals surface area contributed by atoms with Crippen molar-refractivity contribution in [3.8, 4) is 28.3 Å². The van der Waals surface area contributed by atoms with E-state index in [4.69, 9.17) is 32.7 Å². The SMILES string of the molecule is COc1nc(-c2cccc(-c3cccc(Nc4nc(C(F)F)nc5c4c(=O)n(C)c(=O)n5C)c3Cl)c2Cl)cnc1CN[C@@H]1CCOC[C@H]1O. The first kappa shape index (κ1) is 34.3. The van der Waals surface area contributed by atoms with E-state index in [2.05, 4.69) is 30.6 Å². The predicted molar refractivity (Wildman–Crippen MR) is 180 cm³/mol. The molecule has 13 nitrogen and oxygen atoms in total. The molecule has 0 amide bonds. The van der Waals surface area contributed by atoms with Crippen molar-refractivity contribution in [2.24, 2.45) is 14.1 Å². The highest BCUT2D eigenvalue weighted by Crippen LogP contribution is 2.42. The van der Waals surface area contributed by atoms with Crippen molar-refractivity contribution in [3.63, 3.8) is 0 Å². The summed E-state index contributed by atoms with van der Waals surface area (Å²) in [5.74, 6) is -0.847. The van der Waals surface area contributed by atoms with Gasteiger partial charge in [0.2, 0.25) is 5.88 Å². The quantitative estimate of drug-likeness (QED) is 0.199.